The van der Waals surface area contributed by atoms with Crippen molar-refractivity contribution in [2.75, 3.05) is 44.8 Å². The molecule has 2 fully saturated rings. The number of halogens is 6. The molecule has 0 bridgehead atoms. The van der Waals surface area contributed by atoms with Gasteiger partial charge in [-0.3, -0.25) is 9.59 Å². The third-order valence-electron chi connectivity index (χ3n) is 6.98. The fourth-order valence-corrected chi connectivity index (χ4v) is 4.76. The van der Waals surface area contributed by atoms with Crippen molar-refractivity contribution in [3.8, 4) is 0 Å². The largest absolute Gasteiger partial charge is 0.423 e. The number of anilines is 1. The van der Waals surface area contributed by atoms with Gasteiger partial charge >= 0.3 is 12.4 Å². The summed E-state index contributed by atoms with van der Waals surface area (Å²) in [5.74, 6) is -0.215. The lowest BCUT2D eigenvalue weighted by atomic mass is 9.95. The highest BCUT2D eigenvalue weighted by Crippen LogP contribution is 2.33. The number of aromatic amines is 1. The second kappa shape index (κ2) is 12.5. The molecule has 10 nitrogen and oxygen atoms in total. The van der Waals surface area contributed by atoms with Crippen LogP contribution in [0, 0.1) is 5.92 Å². The molecular formula is C24H28F6N6O4. The molecule has 2 atom stereocenters. The van der Waals surface area contributed by atoms with Crippen LogP contribution in [0.25, 0.3) is 0 Å². The van der Waals surface area contributed by atoms with Gasteiger partial charge in [0.15, 0.2) is 0 Å². The second-order valence-electron chi connectivity index (χ2n) is 9.67. The number of hydrogen-bond donors (Lipinski definition) is 2. The predicted molar refractivity (Wildman–Crippen MR) is 127 cm³/mol. The Labute approximate surface area is 224 Å². The van der Waals surface area contributed by atoms with Gasteiger partial charge in [0.05, 0.1) is 49.7 Å². The molecule has 2 aromatic heterocycles. The Bertz CT molecular complexity index is 1190. The van der Waals surface area contributed by atoms with Gasteiger partial charge in [0.2, 0.25) is 5.91 Å². The zero-order valence-electron chi connectivity index (χ0n) is 21.2. The number of alkyl halides is 6. The van der Waals surface area contributed by atoms with E-state index in [1.54, 1.807) is 10.00 Å². The average molecular weight is 579 g/mol. The molecule has 2 saturated heterocycles. The minimum absolute atomic E-state index is 0.0201. The Morgan fingerprint density at radius 3 is 2.40 bits per heavy atom. The zero-order chi connectivity index (χ0) is 28.9. The smallest absolute Gasteiger partial charge is 0.381 e. The van der Waals surface area contributed by atoms with Crippen LogP contribution in [0.5, 0.6) is 0 Å². The highest BCUT2D eigenvalue weighted by atomic mass is 19.4. The SMILES string of the molecule is O=C(CCOC[C@@H](Nc1cn[nH]c(=O)c1C(F)(F)F)[C@@H]1CCOC1)N1CCC(c2ncc(C(F)(F)F)cn2)CC1. The van der Waals surface area contributed by atoms with Gasteiger partial charge in [0, 0.05) is 43.9 Å². The van der Waals surface area contributed by atoms with Gasteiger partial charge in [0.25, 0.3) is 5.56 Å². The van der Waals surface area contributed by atoms with Crippen LogP contribution in [-0.2, 0) is 26.6 Å². The number of nitrogens with zero attached hydrogens (tertiary/aromatic N) is 4. The summed E-state index contributed by atoms with van der Waals surface area (Å²) in [5.41, 5.74) is -4.13. The number of carbonyl (C=O) groups excluding carboxylic acids is 1. The Balaban J connectivity index is 1.26. The van der Waals surface area contributed by atoms with Crippen LogP contribution in [0.4, 0.5) is 32.0 Å². The average Bonchev–Trinajstić information content (AvgIpc) is 3.44. The summed E-state index contributed by atoms with van der Waals surface area (Å²) in [5, 5.41) is 8.01. The van der Waals surface area contributed by atoms with Crippen molar-refractivity contribution in [2.45, 2.75) is 50.0 Å². The first kappa shape index (κ1) is 29.7. The first-order chi connectivity index (χ1) is 18.9. The molecule has 220 valence electrons. The summed E-state index contributed by atoms with van der Waals surface area (Å²) in [6.45, 7) is 1.50. The van der Waals surface area contributed by atoms with Gasteiger partial charge in [0.1, 0.15) is 11.4 Å². The Kier molecular flexibility index (Phi) is 9.28. The van der Waals surface area contributed by atoms with Crippen LogP contribution in [0.3, 0.4) is 0 Å². The van der Waals surface area contributed by atoms with E-state index < -0.39 is 40.8 Å². The van der Waals surface area contributed by atoms with E-state index in [0.29, 0.717) is 51.4 Å². The molecule has 0 unspecified atom stereocenters. The number of likely N-dealkylation sites (tertiary alicyclic amines) is 1. The predicted octanol–water partition coefficient (Wildman–Crippen LogP) is 3.23. The summed E-state index contributed by atoms with van der Waals surface area (Å²) in [4.78, 5) is 33.8. The standard InChI is InChI=1S/C24H28F6N6O4/c25-23(26,27)16-9-31-21(32-10-16)14-1-5-36(6-2-14)19(37)4-8-40-13-18(15-3-7-39-12-15)34-17-11-33-35-22(38)20(17)24(28,29)30/h9-11,14-15,18H,1-8,12-13H2,(H2,34,35,38)/t15-,18-/m1/s1. The van der Waals surface area contributed by atoms with Crippen molar-refractivity contribution < 1.29 is 40.6 Å². The summed E-state index contributed by atoms with van der Waals surface area (Å²) in [6.07, 6.45) is -5.38. The van der Waals surface area contributed by atoms with Crippen molar-refractivity contribution >= 4 is 11.6 Å². The van der Waals surface area contributed by atoms with Crippen molar-refractivity contribution in [1.82, 2.24) is 25.1 Å². The molecule has 0 aliphatic carbocycles. The summed E-state index contributed by atoms with van der Waals surface area (Å²) in [6, 6.07) is -0.623. The normalized spacial score (nSPS) is 19.6. The summed E-state index contributed by atoms with van der Waals surface area (Å²) in [7, 11) is 0. The third-order valence-corrected chi connectivity index (χ3v) is 6.98. The first-order valence-corrected chi connectivity index (χ1v) is 12.7. The van der Waals surface area contributed by atoms with Gasteiger partial charge in [-0.25, -0.2) is 15.1 Å². The zero-order valence-corrected chi connectivity index (χ0v) is 21.2. The third kappa shape index (κ3) is 7.47. The number of piperidine rings is 1. The second-order valence-corrected chi connectivity index (χ2v) is 9.67. The Morgan fingerprint density at radius 2 is 1.80 bits per heavy atom. The summed E-state index contributed by atoms with van der Waals surface area (Å²) >= 11 is 0. The van der Waals surface area contributed by atoms with Gasteiger partial charge in [-0.05, 0) is 19.3 Å². The number of H-pyrrole nitrogens is 1. The molecule has 0 saturated carbocycles. The van der Waals surface area contributed by atoms with E-state index in [-0.39, 0.29) is 37.4 Å². The number of nitrogens with one attached hydrogen (secondary N) is 2. The Hall–Kier alpha value is -3.27. The molecule has 0 spiro atoms. The molecule has 4 heterocycles. The Morgan fingerprint density at radius 1 is 1.10 bits per heavy atom. The molecule has 0 radical (unpaired) electrons. The van der Waals surface area contributed by atoms with Crippen LogP contribution in [0.2, 0.25) is 0 Å². The van der Waals surface area contributed by atoms with E-state index in [4.69, 9.17) is 9.47 Å². The van der Waals surface area contributed by atoms with Gasteiger partial charge in [-0.1, -0.05) is 0 Å². The van der Waals surface area contributed by atoms with E-state index in [9.17, 15) is 35.9 Å². The van der Waals surface area contributed by atoms with Crippen LogP contribution >= 0.6 is 0 Å². The van der Waals surface area contributed by atoms with Gasteiger partial charge in [-0.15, -0.1) is 0 Å². The van der Waals surface area contributed by atoms with Gasteiger partial charge in [-0.2, -0.15) is 31.4 Å². The number of ether oxygens (including phenoxy) is 2. The van der Waals surface area contributed by atoms with E-state index in [1.165, 1.54) is 0 Å². The van der Waals surface area contributed by atoms with Crippen molar-refractivity contribution in [1.29, 1.82) is 0 Å². The van der Waals surface area contributed by atoms with Crippen LogP contribution in [0.15, 0.2) is 23.4 Å². The number of hydrogen-bond acceptors (Lipinski definition) is 8. The lowest BCUT2D eigenvalue weighted by molar-refractivity contribution is -0.139. The highest BCUT2D eigenvalue weighted by Gasteiger charge is 2.39. The van der Waals surface area contributed by atoms with E-state index in [2.05, 4.69) is 20.4 Å². The first-order valence-electron chi connectivity index (χ1n) is 12.7. The highest BCUT2D eigenvalue weighted by molar-refractivity contribution is 5.76. The maximum atomic E-state index is 13.5. The number of amides is 1. The van der Waals surface area contributed by atoms with Crippen molar-refractivity contribution in [2.24, 2.45) is 5.92 Å². The van der Waals surface area contributed by atoms with Gasteiger partial charge < -0.3 is 19.7 Å². The molecule has 0 aromatic carbocycles. The lowest BCUT2D eigenvalue weighted by Gasteiger charge is -2.31. The number of carbonyl (C=O) groups is 1. The molecule has 40 heavy (non-hydrogen) atoms. The molecule has 2 aliphatic heterocycles. The molecule has 2 aromatic rings. The lowest BCUT2D eigenvalue weighted by Crippen LogP contribution is -2.39. The molecule has 2 N–H and O–H groups in total. The molecule has 16 heteroatoms. The quantitative estimate of drug-likeness (QED) is 0.344. The molecule has 2 aliphatic rings. The maximum absolute atomic E-state index is 13.5. The fraction of sp³-hybridized carbons (Fsp3) is 0.625. The van der Waals surface area contributed by atoms with Crippen molar-refractivity contribution in [3.63, 3.8) is 0 Å². The summed E-state index contributed by atoms with van der Waals surface area (Å²) < 4.78 is 89.6. The fourth-order valence-electron chi connectivity index (χ4n) is 4.76. The molecule has 4 rings (SSSR count). The number of aromatic nitrogens is 4. The van der Waals surface area contributed by atoms with E-state index in [1.807, 2.05) is 0 Å². The van der Waals surface area contributed by atoms with Crippen LogP contribution < -0.4 is 10.9 Å². The molecule has 1 amide bonds. The van der Waals surface area contributed by atoms with Crippen LogP contribution in [0.1, 0.15) is 48.6 Å². The van der Waals surface area contributed by atoms with E-state index >= 15 is 0 Å². The monoisotopic (exact) mass is 578 g/mol. The van der Waals surface area contributed by atoms with E-state index in [0.717, 1.165) is 18.6 Å². The minimum atomic E-state index is -4.89. The van der Waals surface area contributed by atoms with Crippen molar-refractivity contribution in [3.05, 3.63) is 45.9 Å². The topological polar surface area (TPSA) is 122 Å². The maximum Gasteiger partial charge on any atom is 0.423 e. The van der Waals surface area contributed by atoms with Crippen LogP contribution in [-0.4, -0.2) is 76.5 Å². The minimum Gasteiger partial charge on any atom is -0.381 e. The molecular weight excluding hydrogens is 550 g/mol. The number of rotatable bonds is 9.